The van der Waals surface area contributed by atoms with E-state index in [0.717, 1.165) is 19.3 Å². The molecule has 3 atom stereocenters. The van der Waals surface area contributed by atoms with Gasteiger partial charge in [0.2, 0.25) is 5.91 Å². The molecule has 36 heavy (non-hydrogen) atoms. The fraction of sp³-hybridized carbons (Fsp3) is 0.963. The number of phosphoric ester groups is 1. The maximum absolute atomic E-state index is 12.4. The molecule has 0 aliphatic rings. The van der Waals surface area contributed by atoms with Gasteiger partial charge in [-0.3, -0.25) is 13.8 Å². The lowest BCUT2D eigenvalue weighted by molar-refractivity contribution is -0.870. The number of hydrogen-bond acceptors (Lipinski definition) is 5. The van der Waals surface area contributed by atoms with Crippen molar-refractivity contribution in [3.05, 3.63) is 0 Å². The Kier molecular flexibility index (Phi) is 21.1. The van der Waals surface area contributed by atoms with Crippen LogP contribution in [0.2, 0.25) is 0 Å². The standard InChI is InChI=1S/C27H57N2O6P/c1-7-8-9-10-11-12-13-14-15-16-17-18-19-20-21-22-26(30)28-27(25(2)33-6)35-36(31,32)34-24-23-29(3,4)5/h25,27H,7-24H2,1-6H3,(H-,28,30,31,32)/p+1. The van der Waals surface area contributed by atoms with Crippen molar-refractivity contribution < 1.29 is 32.5 Å². The van der Waals surface area contributed by atoms with Gasteiger partial charge in [0.1, 0.15) is 13.2 Å². The molecule has 0 heterocycles. The van der Waals surface area contributed by atoms with Crippen molar-refractivity contribution in [2.45, 2.75) is 129 Å². The first-order valence-electron chi connectivity index (χ1n) is 14.3. The summed E-state index contributed by atoms with van der Waals surface area (Å²) in [7, 11) is 3.01. The zero-order valence-corrected chi connectivity index (χ0v) is 25.2. The van der Waals surface area contributed by atoms with Gasteiger partial charge in [0, 0.05) is 13.5 Å². The minimum Gasteiger partial charge on any atom is -0.377 e. The molecule has 9 heteroatoms. The van der Waals surface area contributed by atoms with Gasteiger partial charge in [-0.2, -0.15) is 0 Å². The molecule has 1 amide bonds. The van der Waals surface area contributed by atoms with Crippen LogP contribution in [0.1, 0.15) is 117 Å². The number of rotatable bonds is 25. The molecule has 8 nitrogen and oxygen atoms in total. The summed E-state index contributed by atoms with van der Waals surface area (Å²) in [5.41, 5.74) is 0. The molecule has 0 aliphatic heterocycles. The molecule has 0 radical (unpaired) electrons. The van der Waals surface area contributed by atoms with Gasteiger partial charge < -0.3 is 19.4 Å². The number of methoxy groups -OCH3 is 1. The van der Waals surface area contributed by atoms with Crippen LogP contribution in [0.25, 0.3) is 0 Å². The van der Waals surface area contributed by atoms with Crippen LogP contribution in [0, 0.1) is 0 Å². The monoisotopic (exact) mass is 537 g/mol. The molecule has 0 aromatic carbocycles. The number of quaternary nitrogens is 1. The molecule has 0 spiro atoms. The van der Waals surface area contributed by atoms with E-state index in [2.05, 4.69) is 12.2 Å². The predicted molar refractivity (Wildman–Crippen MR) is 148 cm³/mol. The van der Waals surface area contributed by atoms with Crippen LogP contribution in [-0.2, 0) is 23.1 Å². The Morgan fingerprint density at radius 1 is 0.861 bits per heavy atom. The predicted octanol–water partition coefficient (Wildman–Crippen LogP) is 6.56. The van der Waals surface area contributed by atoms with E-state index in [4.69, 9.17) is 13.8 Å². The number of unbranched alkanes of at least 4 members (excludes halogenated alkanes) is 14. The van der Waals surface area contributed by atoms with E-state index in [1.165, 1.54) is 84.2 Å². The molecule has 2 N–H and O–H groups in total. The van der Waals surface area contributed by atoms with Gasteiger partial charge in [-0.15, -0.1) is 0 Å². The van der Waals surface area contributed by atoms with Crippen molar-refractivity contribution in [2.75, 3.05) is 41.4 Å². The van der Waals surface area contributed by atoms with Crippen molar-refractivity contribution in [1.29, 1.82) is 0 Å². The molecule has 0 bridgehead atoms. The average Bonchev–Trinajstić information content (AvgIpc) is 2.79. The highest BCUT2D eigenvalue weighted by atomic mass is 31.2. The van der Waals surface area contributed by atoms with E-state index in [9.17, 15) is 14.3 Å². The number of carbonyl (C=O) groups excluding carboxylic acids is 1. The summed E-state index contributed by atoms with van der Waals surface area (Å²) in [6, 6.07) is 0. The Morgan fingerprint density at radius 3 is 1.72 bits per heavy atom. The zero-order chi connectivity index (χ0) is 27.3. The largest absolute Gasteiger partial charge is 0.474 e. The van der Waals surface area contributed by atoms with Crippen molar-refractivity contribution in [3.8, 4) is 0 Å². The third kappa shape index (κ3) is 22.7. The average molecular weight is 538 g/mol. The van der Waals surface area contributed by atoms with Gasteiger partial charge in [0.05, 0.1) is 27.2 Å². The number of phosphoric acid groups is 1. The fourth-order valence-electron chi connectivity index (χ4n) is 3.84. The second-order valence-electron chi connectivity index (χ2n) is 11.0. The summed E-state index contributed by atoms with van der Waals surface area (Å²) in [6.45, 7) is 4.55. The smallest absolute Gasteiger partial charge is 0.377 e. The van der Waals surface area contributed by atoms with E-state index in [-0.39, 0.29) is 12.5 Å². The van der Waals surface area contributed by atoms with Crippen molar-refractivity contribution in [2.24, 2.45) is 0 Å². The molecular weight excluding hydrogens is 479 g/mol. The van der Waals surface area contributed by atoms with Gasteiger partial charge >= 0.3 is 7.82 Å². The van der Waals surface area contributed by atoms with Crippen LogP contribution in [0.5, 0.6) is 0 Å². The van der Waals surface area contributed by atoms with Gasteiger partial charge in [-0.05, 0) is 13.3 Å². The Morgan fingerprint density at radius 2 is 1.31 bits per heavy atom. The third-order valence-electron chi connectivity index (χ3n) is 6.37. The normalized spacial score (nSPS) is 15.4. The Balaban J connectivity index is 3.94. The molecule has 0 saturated heterocycles. The lowest BCUT2D eigenvalue weighted by Crippen LogP contribution is -2.44. The maximum Gasteiger partial charge on any atom is 0.474 e. The quantitative estimate of drug-likeness (QED) is 0.0592. The van der Waals surface area contributed by atoms with Crippen LogP contribution in [-0.4, -0.2) is 69.0 Å². The number of nitrogens with zero attached hydrogens (tertiary/aromatic N) is 1. The topological polar surface area (TPSA) is 94.1 Å². The van der Waals surface area contributed by atoms with Crippen molar-refractivity contribution in [1.82, 2.24) is 5.32 Å². The van der Waals surface area contributed by atoms with E-state index in [1.807, 2.05) is 21.1 Å². The maximum atomic E-state index is 12.4. The number of carbonyl (C=O) groups is 1. The SMILES string of the molecule is CCCCCCCCCCCCCCCCCC(=O)NC(OP(=O)(O)OCC[N+](C)(C)C)C(C)OC. The number of likely N-dealkylation sites (N-methyl/N-ethyl adjacent to an activating group) is 1. The van der Waals surface area contributed by atoms with Gasteiger partial charge in [-0.25, -0.2) is 4.57 Å². The van der Waals surface area contributed by atoms with E-state index >= 15 is 0 Å². The minimum absolute atomic E-state index is 0.0679. The molecule has 0 aromatic rings. The Hall–Kier alpha value is -0.500. The molecule has 3 unspecified atom stereocenters. The van der Waals surface area contributed by atoms with E-state index < -0.39 is 20.2 Å². The summed E-state index contributed by atoms with van der Waals surface area (Å²) in [5.74, 6) is -0.218. The number of nitrogens with one attached hydrogen (secondary N) is 1. The van der Waals surface area contributed by atoms with Crippen molar-refractivity contribution >= 4 is 13.7 Å². The molecule has 0 aliphatic carbocycles. The number of ether oxygens (including phenoxy) is 1. The highest BCUT2D eigenvalue weighted by Crippen LogP contribution is 2.44. The van der Waals surface area contributed by atoms with Gasteiger partial charge in [-0.1, -0.05) is 96.8 Å². The molecule has 0 saturated carbocycles. The third-order valence-corrected chi connectivity index (χ3v) is 7.37. The van der Waals surface area contributed by atoms with Crippen LogP contribution < -0.4 is 5.32 Å². The first-order chi connectivity index (χ1) is 17.0. The summed E-state index contributed by atoms with van der Waals surface area (Å²) >= 11 is 0. The van der Waals surface area contributed by atoms with Gasteiger partial charge in [0.15, 0.2) is 6.23 Å². The second kappa shape index (κ2) is 21.4. The molecule has 0 fully saturated rings. The number of amides is 1. The molecule has 0 rings (SSSR count). The Labute approximate surface area is 222 Å². The lowest BCUT2D eigenvalue weighted by atomic mass is 10.0. The first-order valence-corrected chi connectivity index (χ1v) is 15.8. The second-order valence-corrected chi connectivity index (χ2v) is 12.5. The summed E-state index contributed by atoms with van der Waals surface area (Å²) < 4.78 is 28.4. The van der Waals surface area contributed by atoms with Crippen LogP contribution in [0.4, 0.5) is 0 Å². The summed E-state index contributed by atoms with van der Waals surface area (Å²) in [6.07, 6.45) is 17.8. The lowest BCUT2D eigenvalue weighted by Gasteiger charge is -2.27. The Bertz CT molecular complexity index is 585. The summed E-state index contributed by atoms with van der Waals surface area (Å²) in [5, 5.41) is 2.68. The zero-order valence-electron chi connectivity index (χ0n) is 24.3. The first kappa shape index (κ1) is 35.5. The molecule has 0 aromatic heterocycles. The van der Waals surface area contributed by atoms with E-state index in [1.54, 1.807) is 6.92 Å². The summed E-state index contributed by atoms with van der Waals surface area (Å²) in [4.78, 5) is 22.4. The molecule has 216 valence electrons. The van der Waals surface area contributed by atoms with Gasteiger partial charge in [0.25, 0.3) is 0 Å². The molecular formula is C27H58N2O6P+. The minimum atomic E-state index is -4.33. The number of hydrogen-bond donors (Lipinski definition) is 2. The van der Waals surface area contributed by atoms with Crippen LogP contribution in [0.15, 0.2) is 0 Å². The highest BCUT2D eigenvalue weighted by molar-refractivity contribution is 7.47. The fourth-order valence-corrected chi connectivity index (χ4v) is 4.73. The highest BCUT2D eigenvalue weighted by Gasteiger charge is 2.31. The van der Waals surface area contributed by atoms with Crippen LogP contribution in [0.3, 0.4) is 0 Å². The van der Waals surface area contributed by atoms with Crippen molar-refractivity contribution in [3.63, 3.8) is 0 Å². The van der Waals surface area contributed by atoms with Crippen LogP contribution >= 0.6 is 7.82 Å². The van der Waals surface area contributed by atoms with E-state index in [0.29, 0.717) is 17.4 Å².